The number of hydrogen-bond donors (Lipinski definition) is 1. The Balaban J connectivity index is 2.53. The molecule has 0 heterocycles. The predicted molar refractivity (Wildman–Crippen MR) is 88.6 cm³/mol. The third-order valence-electron chi connectivity index (χ3n) is 2.98. The van der Waals surface area contributed by atoms with Gasteiger partial charge in [-0.2, -0.15) is 0 Å². The van der Waals surface area contributed by atoms with E-state index in [-0.39, 0.29) is 0 Å². The number of rotatable bonds is 4. The second-order valence-corrected chi connectivity index (χ2v) is 5.40. The molecule has 19 heavy (non-hydrogen) atoms. The monoisotopic (exact) mass is 288 g/mol. The fourth-order valence-electron chi connectivity index (χ4n) is 2.01. The van der Waals surface area contributed by atoms with Crippen LogP contribution in [0.25, 0.3) is 0 Å². The maximum absolute atomic E-state index is 5.90. The number of hydrogen-bond acceptors (Lipinski definition) is 3. The molecule has 4 heteroatoms. The van der Waals surface area contributed by atoms with Gasteiger partial charge in [-0.05, 0) is 30.5 Å². The van der Waals surface area contributed by atoms with Crippen molar-refractivity contribution >= 4 is 40.3 Å². The maximum atomic E-state index is 5.90. The smallest absolute Gasteiger partial charge is 0.107 e. The Morgan fingerprint density at radius 2 is 1.79 bits per heavy atom. The van der Waals surface area contributed by atoms with Crippen LogP contribution < -0.4 is 10.6 Å². The van der Waals surface area contributed by atoms with Crippen LogP contribution in [0.5, 0.6) is 0 Å². The van der Waals surface area contributed by atoms with Crippen molar-refractivity contribution in [2.75, 3.05) is 18.2 Å². The molecule has 0 radical (unpaired) electrons. The zero-order chi connectivity index (χ0) is 13.8. The van der Waals surface area contributed by atoms with E-state index in [1.54, 1.807) is 11.8 Å². The van der Waals surface area contributed by atoms with Crippen molar-refractivity contribution in [2.45, 2.75) is 4.90 Å². The van der Waals surface area contributed by atoms with E-state index in [9.17, 15) is 0 Å². The summed E-state index contributed by atoms with van der Waals surface area (Å²) in [5, 5.41) is 0. The molecule has 0 bridgehead atoms. The molecule has 2 rings (SSSR count). The van der Waals surface area contributed by atoms with Gasteiger partial charge in [0.2, 0.25) is 0 Å². The zero-order valence-electron chi connectivity index (χ0n) is 11.0. The second kappa shape index (κ2) is 6.08. The van der Waals surface area contributed by atoms with Crippen LogP contribution in [0.2, 0.25) is 0 Å². The highest BCUT2D eigenvalue weighted by Crippen LogP contribution is 2.32. The summed E-state index contributed by atoms with van der Waals surface area (Å²) in [6.07, 6.45) is 2.03. The van der Waals surface area contributed by atoms with Crippen LogP contribution in [-0.2, 0) is 0 Å². The Morgan fingerprint density at radius 3 is 2.37 bits per heavy atom. The average molecular weight is 288 g/mol. The SMILES string of the molecule is CSc1cccc(N(C)c2ccccc2)c1C(N)=S. The number of nitrogens with two attached hydrogens (primary N) is 1. The van der Waals surface area contributed by atoms with Gasteiger partial charge in [-0.25, -0.2) is 0 Å². The van der Waals surface area contributed by atoms with Crippen LogP contribution in [0.1, 0.15) is 5.56 Å². The van der Waals surface area contributed by atoms with E-state index in [2.05, 4.69) is 17.0 Å². The van der Waals surface area contributed by atoms with Crippen LogP contribution in [0, 0.1) is 0 Å². The van der Waals surface area contributed by atoms with Gasteiger partial charge < -0.3 is 10.6 Å². The summed E-state index contributed by atoms with van der Waals surface area (Å²) in [6, 6.07) is 16.3. The molecule has 2 aromatic carbocycles. The first-order valence-electron chi connectivity index (χ1n) is 5.90. The minimum atomic E-state index is 0.433. The summed E-state index contributed by atoms with van der Waals surface area (Å²) < 4.78 is 0. The quantitative estimate of drug-likeness (QED) is 0.684. The van der Waals surface area contributed by atoms with Gasteiger partial charge in [0.05, 0.1) is 5.69 Å². The molecule has 98 valence electrons. The summed E-state index contributed by atoms with van der Waals surface area (Å²) in [5.74, 6) is 0. The fraction of sp³-hybridized carbons (Fsp3) is 0.133. The maximum Gasteiger partial charge on any atom is 0.107 e. The van der Waals surface area contributed by atoms with Crippen molar-refractivity contribution in [3.63, 3.8) is 0 Å². The van der Waals surface area contributed by atoms with Gasteiger partial charge >= 0.3 is 0 Å². The number of benzene rings is 2. The van der Waals surface area contributed by atoms with Crippen molar-refractivity contribution in [2.24, 2.45) is 5.73 Å². The van der Waals surface area contributed by atoms with Gasteiger partial charge in [-0.3, -0.25) is 0 Å². The van der Waals surface area contributed by atoms with Crippen molar-refractivity contribution in [1.82, 2.24) is 0 Å². The highest BCUT2D eigenvalue weighted by Gasteiger charge is 2.14. The molecule has 2 N–H and O–H groups in total. The highest BCUT2D eigenvalue weighted by molar-refractivity contribution is 7.98. The molecule has 0 aromatic heterocycles. The van der Waals surface area contributed by atoms with Gasteiger partial charge in [0.25, 0.3) is 0 Å². The summed E-state index contributed by atoms with van der Waals surface area (Å²) >= 11 is 6.87. The lowest BCUT2D eigenvalue weighted by Gasteiger charge is -2.23. The lowest BCUT2D eigenvalue weighted by Crippen LogP contribution is -2.18. The van der Waals surface area contributed by atoms with Gasteiger partial charge in [0, 0.05) is 23.2 Å². The number of nitrogens with zero attached hydrogens (tertiary/aromatic N) is 1. The molecule has 0 aliphatic rings. The van der Waals surface area contributed by atoms with Gasteiger partial charge in [0.15, 0.2) is 0 Å². The molecule has 0 aliphatic heterocycles. The van der Waals surface area contributed by atoms with Gasteiger partial charge in [-0.15, -0.1) is 11.8 Å². The minimum absolute atomic E-state index is 0.433. The molecule has 2 aromatic rings. The van der Waals surface area contributed by atoms with Gasteiger partial charge in [-0.1, -0.05) is 36.5 Å². The van der Waals surface area contributed by atoms with E-state index in [1.165, 1.54) is 0 Å². The van der Waals surface area contributed by atoms with E-state index in [0.717, 1.165) is 21.8 Å². The Bertz CT molecular complexity index is 582. The molecule has 0 aliphatic carbocycles. The number of thioether (sulfide) groups is 1. The highest BCUT2D eigenvalue weighted by atomic mass is 32.2. The van der Waals surface area contributed by atoms with E-state index in [1.807, 2.05) is 49.7 Å². The molecule has 0 saturated heterocycles. The molecule has 0 atom stereocenters. The van der Waals surface area contributed by atoms with Crippen LogP contribution in [0.15, 0.2) is 53.4 Å². The van der Waals surface area contributed by atoms with E-state index < -0.39 is 0 Å². The largest absolute Gasteiger partial charge is 0.389 e. The van der Waals surface area contributed by atoms with Crippen LogP contribution >= 0.6 is 24.0 Å². The van der Waals surface area contributed by atoms with E-state index >= 15 is 0 Å². The topological polar surface area (TPSA) is 29.3 Å². The van der Waals surface area contributed by atoms with Crippen molar-refractivity contribution in [1.29, 1.82) is 0 Å². The summed E-state index contributed by atoms with van der Waals surface area (Å²) in [7, 11) is 2.02. The molecule has 0 saturated carbocycles. The number of thiocarbonyl (C=S) groups is 1. The Hall–Kier alpha value is -1.52. The van der Waals surface area contributed by atoms with Crippen LogP contribution in [0.3, 0.4) is 0 Å². The molecule has 0 amide bonds. The summed E-state index contributed by atoms with van der Waals surface area (Å²) in [5.41, 5.74) is 8.98. The lowest BCUT2D eigenvalue weighted by atomic mass is 10.1. The molecule has 0 unspecified atom stereocenters. The minimum Gasteiger partial charge on any atom is -0.389 e. The molecule has 0 spiro atoms. The first-order chi connectivity index (χ1) is 9.15. The van der Waals surface area contributed by atoms with Gasteiger partial charge in [0.1, 0.15) is 4.99 Å². The standard InChI is InChI=1S/C15H16N2S2/c1-17(11-7-4-3-5-8-11)12-9-6-10-13(19-2)14(12)15(16)18/h3-10H,1-2H3,(H2,16,18). The average Bonchev–Trinajstić information content (AvgIpc) is 2.46. The van der Waals surface area contributed by atoms with E-state index in [4.69, 9.17) is 18.0 Å². The third-order valence-corrected chi connectivity index (χ3v) is 3.96. The van der Waals surface area contributed by atoms with Crippen molar-refractivity contribution in [3.05, 3.63) is 54.1 Å². The Morgan fingerprint density at radius 1 is 1.11 bits per heavy atom. The first-order valence-corrected chi connectivity index (χ1v) is 7.54. The normalized spacial score (nSPS) is 10.2. The number of para-hydroxylation sites is 1. The van der Waals surface area contributed by atoms with E-state index in [0.29, 0.717) is 4.99 Å². The van der Waals surface area contributed by atoms with Crippen molar-refractivity contribution in [3.8, 4) is 0 Å². The third kappa shape index (κ3) is 2.91. The Kier molecular flexibility index (Phi) is 4.45. The second-order valence-electron chi connectivity index (χ2n) is 4.11. The Labute approximate surface area is 123 Å². The van der Waals surface area contributed by atoms with Crippen LogP contribution in [-0.4, -0.2) is 18.3 Å². The number of anilines is 2. The zero-order valence-corrected chi connectivity index (χ0v) is 12.6. The summed E-state index contributed by atoms with van der Waals surface area (Å²) in [6.45, 7) is 0. The molecular formula is C15H16N2S2. The van der Waals surface area contributed by atoms with Crippen molar-refractivity contribution < 1.29 is 0 Å². The predicted octanol–water partition coefficient (Wildman–Crippen LogP) is 3.81. The molecular weight excluding hydrogens is 272 g/mol. The summed E-state index contributed by atoms with van der Waals surface area (Å²) in [4.78, 5) is 3.64. The first kappa shape index (κ1) is 13.9. The fourth-order valence-corrected chi connectivity index (χ4v) is 2.92. The van der Waals surface area contributed by atoms with Crippen LogP contribution in [0.4, 0.5) is 11.4 Å². The molecule has 2 nitrogen and oxygen atoms in total. The lowest BCUT2D eigenvalue weighted by molar-refractivity contribution is 1.19. The molecule has 0 fully saturated rings.